The van der Waals surface area contributed by atoms with Crippen molar-refractivity contribution in [2.24, 2.45) is 0 Å². The summed E-state index contributed by atoms with van der Waals surface area (Å²) in [5, 5.41) is 12.4. The third kappa shape index (κ3) is 6.54. The molecule has 8 heteroatoms. The maximum Gasteiger partial charge on any atom is 0.255 e. The fourth-order valence-electron chi connectivity index (χ4n) is 1.21. The lowest BCUT2D eigenvalue weighted by atomic mass is 10.2. The number of phenolic OH excluding ortho intramolecular Hbond substituents is 1. The fourth-order valence-corrected chi connectivity index (χ4v) is 1.61. The SMILES string of the molecule is O=C(NCCOCC(Cl)(Cl)Cl)c1cc(Cl)ccc1O. The molecule has 0 unspecified atom stereocenters. The van der Waals surface area contributed by atoms with Crippen LogP contribution in [0, 0.1) is 0 Å². The number of benzene rings is 1. The van der Waals surface area contributed by atoms with Crippen molar-refractivity contribution in [1.29, 1.82) is 0 Å². The van der Waals surface area contributed by atoms with Gasteiger partial charge in [-0.2, -0.15) is 0 Å². The van der Waals surface area contributed by atoms with Crippen LogP contribution >= 0.6 is 46.4 Å². The summed E-state index contributed by atoms with van der Waals surface area (Å²) in [6.45, 7) is 0.322. The van der Waals surface area contributed by atoms with E-state index in [2.05, 4.69) is 5.32 Å². The first-order valence-electron chi connectivity index (χ1n) is 5.21. The molecular formula is C11H11Cl4NO3. The van der Waals surface area contributed by atoms with Gasteiger partial charge in [0.1, 0.15) is 5.75 Å². The number of ether oxygens (including phenoxy) is 1. The van der Waals surface area contributed by atoms with Crippen LogP contribution in [0.4, 0.5) is 0 Å². The lowest BCUT2D eigenvalue weighted by Crippen LogP contribution is -2.28. The summed E-state index contributed by atoms with van der Waals surface area (Å²) in [4.78, 5) is 11.7. The van der Waals surface area contributed by atoms with Crippen LogP contribution < -0.4 is 5.32 Å². The fraction of sp³-hybridized carbons (Fsp3) is 0.364. The molecule has 1 amide bonds. The molecule has 106 valence electrons. The van der Waals surface area contributed by atoms with Crippen LogP contribution in [0.3, 0.4) is 0 Å². The Bertz CT molecular complexity index is 448. The molecule has 2 N–H and O–H groups in total. The second-order valence-corrected chi connectivity index (χ2v) is 6.54. The Morgan fingerprint density at radius 1 is 1.37 bits per heavy atom. The summed E-state index contributed by atoms with van der Waals surface area (Å²) in [5.41, 5.74) is 0.0916. The van der Waals surface area contributed by atoms with Gasteiger partial charge in [-0.3, -0.25) is 4.79 Å². The third-order valence-electron chi connectivity index (χ3n) is 2.00. The van der Waals surface area contributed by atoms with Gasteiger partial charge in [-0.1, -0.05) is 46.4 Å². The predicted octanol–water partition coefficient (Wildman–Crippen LogP) is 3.16. The summed E-state index contributed by atoms with van der Waals surface area (Å²) in [5.74, 6) is -0.610. The Hall–Kier alpha value is -0.390. The predicted molar refractivity (Wildman–Crippen MR) is 76.6 cm³/mol. The second-order valence-electron chi connectivity index (χ2n) is 3.59. The van der Waals surface area contributed by atoms with Crippen LogP contribution in [0.25, 0.3) is 0 Å². The zero-order chi connectivity index (χ0) is 14.5. The van der Waals surface area contributed by atoms with Crippen LogP contribution in [-0.4, -0.2) is 34.6 Å². The van der Waals surface area contributed by atoms with Gasteiger partial charge in [-0.15, -0.1) is 0 Å². The highest BCUT2D eigenvalue weighted by atomic mass is 35.6. The number of phenols is 1. The molecule has 0 atom stereocenters. The molecule has 0 aromatic heterocycles. The van der Waals surface area contributed by atoms with Gasteiger partial charge in [0.2, 0.25) is 3.79 Å². The van der Waals surface area contributed by atoms with Crippen molar-refractivity contribution in [2.45, 2.75) is 3.79 Å². The van der Waals surface area contributed by atoms with Gasteiger partial charge >= 0.3 is 0 Å². The highest BCUT2D eigenvalue weighted by Crippen LogP contribution is 2.25. The van der Waals surface area contributed by atoms with E-state index in [0.29, 0.717) is 5.02 Å². The molecule has 0 bridgehead atoms. The summed E-state index contributed by atoms with van der Waals surface area (Å²) in [6, 6.07) is 4.20. The lowest BCUT2D eigenvalue weighted by molar-refractivity contribution is 0.0916. The number of rotatable bonds is 5. The Labute approximate surface area is 130 Å². The first-order chi connectivity index (χ1) is 8.79. The number of hydrogen-bond donors (Lipinski definition) is 2. The molecule has 0 fully saturated rings. The minimum atomic E-state index is -1.48. The number of aromatic hydroxyl groups is 1. The lowest BCUT2D eigenvalue weighted by Gasteiger charge is -2.11. The van der Waals surface area contributed by atoms with E-state index in [0.717, 1.165) is 0 Å². The number of carbonyl (C=O) groups is 1. The molecule has 1 aromatic carbocycles. The van der Waals surface area contributed by atoms with E-state index >= 15 is 0 Å². The second kappa shape index (κ2) is 7.41. The molecule has 0 aliphatic heterocycles. The van der Waals surface area contributed by atoms with Gasteiger partial charge in [0.25, 0.3) is 5.91 Å². The minimum Gasteiger partial charge on any atom is -0.507 e. The van der Waals surface area contributed by atoms with Crippen molar-refractivity contribution < 1.29 is 14.6 Å². The van der Waals surface area contributed by atoms with Crippen LogP contribution in [0.5, 0.6) is 5.75 Å². The summed E-state index contributed by atoms with van der Waals surface area (Å²) in [7, 11) is 0. The molecular weight excluding hydrogens is 336 g/mol. The summed E-state index contributed by atoms with van der Waals surface area (Å²) in [6.07, 6.45) is 0. The van der Waals surface area contributed by atoms with E-state index in [1.165, 1.54) is 18.2 Å². The molecule has 1 aromatic rings. The normalized spacial score (nSPS) is 11.4. The van der Waals surface area contributed by atoms with Crippen molar-refractivity contribution in [3.63, 3.8) is 0 Å². The molecule has 4 nitrogen and oxygen atoms in total. The quantitative estimate of drug-likeness (QED) is 0.636. The zero-order valence-corrected chi connectivity index (χ0v) is 12.7. The maximum absolute atomic E-state index is 11.7. The van der Waals surface area contributed by atoms with E-state index in [1.807, 2.05) is 0 Å². The van der Waals surface area contributed by atoms with Crippen LogP contribution in [0.1, 0.15) is 10.4 Å². The number of amides is 1. The van der Waals surface area contributed by atoms with Gasteiger partial charge in [0, 0.05) is 11.6 Å². The van der Waals surface area contributed by atoms with Crippen LogP contribution in [0.2, 0.25) is 5.02 Å². The van der Waals surface area contributed by atoms with Crippen molar-refractivity contribution in [3.05, 3.63) is 28.8 Å². The highest BCUT2D eigenvalue weighted by Gasteiger charge is 2.19. The van der Waals surface area contributed by atoms with Crippen molar-refractivity contribution in [3.8, 4) is 5.75 Å². The van der Waals surface area contributed by atoms with E-state index in [4.69, 9.17) is 51.1 Å². The Balaban J connectivity index is 2.38. The molecule has 0 saturated heterocycles. The standard InChI is InChI=1S/C11H11Cl4NO3/c12-7-1-2-9(17)8(5-7)10(18)16-3-4-19-6-11(13,14)15/h1-2,5,17H,3-4,6H2,(H,16,18). The highest BCUT2D eigenvalue weighted by molar-refractivity contribution is 6.67. The Morgan fingerprint density at radius 2 is 2.05 bits per heavy atom. The molecule has 1 rings (SSSR count). The van der Waals surface area contributed by atoms with E-state index in [-0.39, 0.29) is 31.1 Å². The summed E-state index contributed by atoms with van der Waals surface area (Å²) >= 11 is 22.2. The average molecular weight is 347 g/mol. The molecule has 0 radical (unpaired) electrons. The maximum atomic E-state index is 11.7. The Kier molecular flexibility index (Phi) is 6.50. The van der Waals surface area contributed by atoms with Crippen molar-refractivity contribution >= 4 is 52.3 Å². The van der Waals surface area contributed by atoms with Gasteiger partial charge in [-0.25, -0.2) is 0 Å². The first kappa shape index (κ1) is 16.7. The molecule has 0 saturated carbocycles. The minimum absolute atomic E-state index is 0.0735. The van der Waals surface area contributed by atoms with Gasteiger partial charge in [0.05, 0.1) is 18.8 Å². The van der Waals surface area contributed by atoms with E-state index in [1.54, 1.807) is 0 Å². The number of hydrogen-bond acceptors (Lipinski definition) is 3. The van der Waals surface area contributed by atoms with Crippen LogP contribution in [-0.2, 0) is 4.74 Å². The molecule has 0 aliphatic carbocycles. The molecule has 0 aliphatic rings. The average Bonchev–Trinajstić information content (AvgIpc) is 2.30. The van der Waals surface area contributed by atoms with Crippen molar-refractivity contribution in [2.75, 3.05) is 19.8 Å². The molecule has 19 heavy (non-hydrogen) atoms. The van der Waals surface area contributed by atoms with Gasteiger partial charge in [0.15, 0.2) is 0 Å². The zero-order valence-electron chi connectivity index (χ0n) is 9.63. The number of carbonyl (C=O) groups excluding carboxylic acids is 1. The van der Waals surface area contributed by atoms with Gasteiger partial charge in [-0.05, 0) is 18.2 Å². The number of alkyl halides is 3. The largest absolute Gasteiger partial charge is 0.507 e. The van der Waals surface area contributed by atoms with Crippen LogP contribution in [0.15, 0.2) is 18.2 Å². The van der Waals surface area contributed by atoms with Gasteiger partial charge < -0.3 is 15.2 Å². The third-order valence-corrected chi connectivity index (χ3v) is 2.56. The Morgan fingerprint density at radius 3 is 2.68 bits per heavy atom. The number of nitrogens with one attached hydrogen (secondary N) is 1. The van der Waals surface area contributed by atoms with E-state index in [9.17, 15) is 9.90 Å². The topological polar surface area (TPSA) is 58.6 Å². The first-order valence-corrected chi connectivity index (χ1v) is 6.72. The van der Waals surface area contributed by atoms with E-state index < -0.39 is 9.70 Å². The molecule has 0 heterocycles. The van der Waals surface area contributed by atoms with Crippen molar-refractivity contribution in [1.82, 2.24) is 5.32 Å². The smallest absolute Gasteiger partial charge is 0.255 e. The monoisotopic (exact) mass is 345 g/mol. The number of halogens is 4. The summed E-state index contributed by atoms with van der Waals surface area (Å²) < 4.78 is 3.56. The molecule has 0 spiro atoms.